The van der Waals surface area contributed by atoms with Crippen LogP contribution in [0.15, 0.2) is 24.5 Å². The molecule has 2 amide bonds. The zero-order valence-corrected chi connectivity index (χ0v) is 19.1. The van der Waals surface area contributed by atoms with Crippen LogP contribution in [0.4, 0.5) is 0 Å². The molecular formula is C25H37N3O3. The van der Waals surface area contributed by atoms with E-state index in [9.17, 15) is 14.7 Å². The highest BCUT2D eigenvalue weighted by molar-refractivity contribution is 5.94. The second-order valence-corrected chi connectivity index (χ2v) is 10.4. The van der Waals surface area contributed by atoms with Gasteiger partial charge in [-0.15, -0.1) is 0 Å². The number of aliphatic hydroxyl groups excluding tert-OH is 1. The van der Waals surface area contributed by atoms with Crippen molar-refractivity contribution >= 4 is 11.8 Å². The number of aliphatic hydroxyl groups is 1. The molecule has 0 bridgehead atoms. The number of hydrogen-bond acceptors (Lipinski definition) is 4. The first kappa shape index (κ1) is 22.3. The Kier molecular flexibility index (Phi) is 6.38. The number of aromatic nitrogens is 1. The van der Waals surface area contributed by atoms with Gasteiger partial charge in [-0.2, -0.15) is 0 Å². The average Bonchev–Trinajstić information content (AvgIpc) is 3.30. The summed E-state index contributed by atoms with van der Waals surface area (Å²) in [5.41, 5.74) is 0.673. The highest BCUT2D eigenvalue weighted by Crippen LogP contribution is 2.55. The minimum atomic E-state index is -0.518. The number of nitrogens with zero attached hydrogens (tertiary/aromatic N) is 2. The number of nitrogens with one attached hydrogen (secondary N) is 1. The van der Waals surface area contributed by atoms with Crippen LogP contribution in [0, 0.1) is 29.1 Å². The molecule has 0 unspecified atom stereocenters. The highest BCUT2D eigenvalue weighted by Gasteiger charge is 2.54. The number of amides is 2. The van der Waals surface area contributed by atoms with Crippen molar-refractivity contribution < 1.29 is 14.7 Å². The van der Waals surface area contributed by atoms with E-state index in [2.05, 4.69) is 24.1 Å². The fourth-order valence-corrected chi connectivity index (χ4v) is 6.66. The van der Waals surface area contributed by atoms with Gasteiger partial charge in [0.05, 0.1) is 6.10 Å². The first-order valence-corrected chi connectivity index (χ1v) is 12.0. The largest absolute Gasteiger partial charge is 0.392 e. The molecular weight excluding hydrogens is 390 g/mol. The summed E-state index contributed by atoms with van der Waals surface area (Å²) in [7, 11) is 0. The van der Waals surface area contributed by atoms with Crippen molar-refractivity contribution in [1.82, 2.24) is 15.2 Å². The molecule has 31 heavy (non-hydrogen) atoms. The smallest absolute Gasteiger partial charge is 0.251 e. The molecule has 1 aliphatic heterocycles. The lowest BCUT2D eigenvalue weighted by molar-refractivity contribution is -0.149. The van der Waals surface area contributed by atoms with Crippen molar-refractivity contribution in [1.29, 1.82) is 0 Å². The molecule has 1 saturated heterocycles. The van der Waals surface area contributed by atoms with Crippen molar-refractivity contribution in [3.63, 3.8) is 0 Å². The molecule has 4 rings (SSSR count). The van der Waals surface area contributed by atoms with E-state index in [0.29, 0.717) is 5.56 Å². The summed E-state index contributed by atoms with van der Waals surface area (Å²) < 4.78 is 0. The molecule has 170 valence electrons. The lowest BCUT2D eigenvalue weighted by atomic mass is 9.51. The molecule has 3 fully saturated rings. The topological polar surface area (TPSA) is 82.5 Å². The Labute approximate surface area is 185 Å². The summed E-state index contributed by atoms with van der Waals surface area (Å²) >= 11 is 0. The van der Waals surface area contributed by atoms with E-state index in [4.69, 9.17) is 0 Å². The maximum Gasteiger partial charge on any atom is 0.251 e. The van der Waals surface area contributed by atoms with Crippen molar-refractivity contribution in [2.24, 2.45) is 29.1 Å². The maximum absolute atomic E-state index is 13.0. The van der Waals surface area contributed by atoms with E-state index >= 15 is 0 Å². The molecule has 6 nitrogen and oxygen atoms in total. The van der Waals surface area contributed by atoms with E-state index < -0.39 is 6.10 Å². The van der Waals surface area contributed by atoms with Gasteiger partial charge in [0, 0.05) is 43.0 Å². The first-order chi connectivity index (χ1) is 14.8. The summed E-state index contributed by atoms with van der Waals surface area (Å²) in [5, 5.41) is 14.8. The molecule has 2 saturated carbocycles. The fourth-order valence-electron chi connectivity index (χ4n) is 6.66. The third kappa shape index (κ3) is 4.23. The number of carbonyl (C=O) groups excluding carboxylic acids is 2. The normalized spacial score (nSPS) is 36.5. The third-order valence-corrected chi connectivity index (χ3v) is 8.60. The van der Waals surface area contributed by atoms with Crippen LogP contribution in [0.5, 0.6) is 0 Å². The second-order valence-electron chi connectivity index (χ2n) is 10.4. The monoisotopic (exact) mass is 427 g/mol. The Morgan fingerprint density at radius 1 is 1.19 bits per heavy atom. The molecule has 0 spiro atoms. The van der Waals surface area contributed by atoms with Gasteiger partial charge in [0.2, 0.25) is 5.91 Å². The molecule has 6 heteroatoms. The highest BCUT2D eigenvalue weighted by atomic mass is 16.3. The van der Waals surface area contributed by atoms with Crippen LogP contribution in [0.25, 0.3) is 0 Å². The van der Waals surface area contributed by atoms with E-state index in [1.54, 1.807) is 24.5 Å². The number of fused-ring (bicyclic) bond motifs is 1. The van der Waals surface area contributed by atoms with Crippen molar-refractivity contribution in [3.8, 4) is 0 Å². The van der Waals surface area contributed by atoms with Crippen molar-refractivity contribution in [2.75, 3.05) is 13.1 Å². The molecule has 1 aromatic rings. The Hall–Kier alpha value is -1.95. The molecule has 2 aliphatic carbocycles. The van der Waals surface area contributed by atoms with Crippen LogP contribution in [0.2, 0.25) is 0 Å². The van der Waals surface area contributed by atoms with Gasteiger partial charge >= 0.3 is 0 Å². The number of carbonyl (C=O) groups is 2. The van der Waals surface area contributed by atoms with Crippen molar-refractivity contribution in [2.45, 2.75) is 71.4 Å². The molecule has 7 atom stereocenters. The summed E-state index contributed by atoms with van der Waals surface area (Å²) in [6, 6.07) is 3.48. The number of likely N-dealkylation sites (tertiary alicyclic amines) is 1. The Morgan fingerprint density at radius 3 is 2.52 bits per heavy atom. The summed E-state index contributed by atoms with van der Waals surface area (Å²) in [6.45, 7) is 8.17. The lowest BCUT2D eigenvalue weighted by Crippen LogP contribution is -2.58. The van der Waals surface area contributed by atoms with Crippen LogP contribution < -0.4 is 5.32 Å². The molecule has 0 radical (unpaired) electrons. The van der Waals surface area contributed by atoms with Crippen LogP contribution in [-0.4, -0.2) is 52.0 Å². The van der Waals surface area contributed by atoms with Gasteiger partial charge in [0.15, 0.2) is 0 Å². The zero-order valence-electron chi connectivity index (χ0n) is 19.1. The lowest BCUT2D eigenvalue weighted by Gasteiger charge is -2.56. The first-order valence-electron chi connectivity index (χ1n) is 12.0. The predicted octanol–water partition coefficient (Wildman–Crippen LogP) is 3.26. The van der Waals surface area contributed by atoms with E-state index in [1.807, 2.05) is 11.8 Å². The van der Waals surface area contributed by atoms with Crippen LogP contribution >= 0.6 is 0 Å². The third-order valence-electron chi connectivity index (χ3n) is 8.60. The van der Waals surface area contributed by atoms with Gasteiger partial charge in [-0.25, -0.2) is 0 Å². The predicted molar refractivity (Wildman–Crippen MR) is 119 cm³/mol. The molecule has 2 heterocycles. The van der Waals surface area contributed by atoms with Gasteiger partial charge in [-0.1, -0.05) is 20.8 Å². The Morgan fingerprint density at radius 2 is 1.84 bits per heavy atom. The fraction of sp³-hybridized carbons (Fsp3) is 0.720. The summed E-state index contributed by atoms with van der Waals surface area (Å²) in [5.74, 6) is 0.186. The van der Waals surface area contributed by atoms with Gasteiger partial charge in [0.1, 0.15) is 0 Å². The Bertz CT molecular complexity index is 794. The number of rotatable bonds is 4. The summed E-state index contributed by atoms with van der Waals surface area (Å²) in [4.78, 5) is 31.7. The average molecular weight is 428 g/mol. The standard InChI is InChI=1S/C25H37N3O3/c1-16(24(31)28-14-4-5-15-28)19-6-10-25(3)11-7-20(17(2)21(25)22(19)29)27-23(30)18-8-12-26-13-9-18/h8-9,12-13,16-17,19-22,29H,4-7,10-11,14-15H2,1-3H3,(H,27,30)/t16-,17-,19-,20-,21+,22-,25+/m0/s1. The van der Waals surface area contributed by atoms with Crippen molar-refractivity contribution in [3.05, 3.63) is 30.1 Å². The summed E-state index contributed by atoms with van der Waals surface area (Å²) in [6.07, 6.45) is 8.75. The van der Waals surface area contributed by atoms with E-state index in [0.717, 1.165) is 51.6 Å². The van der Waals surface area contributed by atoms with Gasteiger partial charge < -0.3 is 15.3 Å². The second kappa shape index (κ2) is 8.89. The number of hydrogen-bond donors (Lipinski definition) is 2. The SMILES string of the molecule is C[C@@H]1[C@@H]2[C@@H](O)[C@H]([C@H](C)C(=O)N3CCCC3)CC[C@]2(C)CC[C@@H]1NC(=O)c1ccncc1. The molecule has 2 N–H and O–H groups in total. The van der Waals surface area contributed by atoms with Crippen LogP contribution in [0.3, 0.4) is 0 Å². The maximum atomic E-state index is 13.0. The molecule has 3 aliphatic rings. The van der Waals surface area contributed by atoms with Crippen LogP contribution in [0.1, 0.15) is 69.7 Å². The van der Waals surface area contributed by atoms with Crippen LogP contribution in [-0.2, 0) is 4.79 Å². The quantitative estimate of drug-likeness (QED) is 0.773. The molecule has 1 aromatic heterocycles. The molecule has 0 aromatic carbocycles. The zero-order chi connectivity index (χ0) is 22.2. The van der Waals surface area contributed by atoms with E-state index in [-0.39, 0.29) is 46.9 Å². The van der Waals surface area contributed by atoms with Gasteiger partial charge in [0.25, 0.3) is 5.91 Å². The minimum Gasteiger partial charge on any atom is -0.392 e. The Balaban J connectivity index is 1.48. The van der Waals surface area contributed by atoms with Gasteiger partial charge in [-0.05, 0) is 73.8 Å². The number of pyridine rings is 1. The van der Waals surface area contributed by atoms with Gasteiger partial charge in [-0.3, -0.25) is 14.6 Å². The van der Waals surface area contributed by atoms with E-state index in [1.165, 1.54) is 0 Å². The minimum absolute atomic E-state index is 0.0109.